The topological polar surface area (TPSA) is 72.6 Å². The van der Waals surface area contributed by atoms with Gasteiger partial charge >= 0.3 is 0 Å². The average Bonchev–Trinajstić information content (AvgIpc) is 2.65. The van der Waals surface area contributed by atoms with Crippen LogP contribution >= 0.6 is 0 Å². The lowest BCUT2D eigenvalue weighted by Crippen LogP contribution is -2.32. The van der Waals surface area contributed by atoms with Crippen molar-refractivity contribution in [3.8, 4) is 5.75 Å². The van der Waals surface area contributed by atoms with Gasteiger partial charge in [0.2, 0.25) is 10.0 Å². The number of ether oxygens (including phenoxy) is 1. The second kappa shape index (κ2) is 5.26. The van der Waals surface area contributed by atoms with E-state index in [2.05, 4.69) is 0 Å². The van der Waals surface area contributed by atoms with Crippen molar-refractivity contribution >= 4 is 10.0 Å². The summed E-state index contributed by atoms with van der Waals surface area (Å²) in [7, 11) is -1.63. The summed E-state index contributed by atoms with van der Waals surface area (Å²) in [5.41, 5.74) is 6.41. The molecule has 1 aliphatic heterocycles. The summed E-state index contributed by atoms with van der Waals surface area (Å²) < 4.78 is 30.8. The van der Waals surface area contributed by atoms with Gasteiger partial charge in [0, 0.05) is 19.6 Å². The molecule has 1 atom stereocenters. The SMILES string of the molecule is COc1cccc(CN2CC[C@@H](CN)S2(=O)=O)c1. The Morgan fingerprint density at radius 3 is 2.89 bits per heavy atom. The molecule has 6 heteroatoms. The number of sulfonamides is 1. The van der Waals surface area contributed by atoms with Crippen LogP contribution in [0.1, 0.15) is 12.0 Å². The summed E-state index contributed by atoms with van der Waals surface area (Å²) in [6, 6.07) is 7.45. The lowest BCUT2D eigenvalue weighted by Gasteiger charge is -2.16. The summed E-state index contributed by atoms with van der Waals surface area (Å²) in [5.74, 6) is 0.736. The van der Waals surface area contributed by atoms with Crippen molar-refractivity contribution in [2.24, 2.45) is 5.73 Å². The highest BCUT2D eigenvalue weighted by atomic mass is 32.2. The van der Waals surface area contributed by atoms with E-state index in [4.69, 9.17) is 10.5 Å². The minimum atomic E-state index is -3.23. The molecule has 1 saturated heterocycles. The van der Waals surface area contributed by atoms with Gasteiger partial charge in [-0.3, -0.25) is 0 Å². The monoisotopic (exact) mass is 270 g/mol. The fraction of sp³-hybridized carbons (Fsp3) is 0.500. The predicted molar refractivity (Wildman–Crippen MR) is 69.8 cm³/mol. The van der Waals surface area contributed by atoms with E-state index < -0.39 is 15.3 Å². The first kappa shape index (κ1) is 13.3. The lowest BCUT2D eigenvalue weighted by molar-refractivity contribution is 0.410. The van der Waals surface area contributed by atoms with Crippen molar-refractivity contribution in [1.29, 1.82) is 0 Å². The maximum absolute atomic E-state index is 12.1. The number of methoxy groups -OCH3 is 1. The molecule has 2 rings (SSSR count). The third kappa shape index (κ3) is 2.50. The minimum Gasteiger partial charge on any atom is -0.497 e. The van der Waals surface area contributed by atoms with Gasteiger partial charge in [-0.05, 0) is 24.1 Å². The second-order valence-corrected chi connectivity index (χ2v) is 6.59. The molecule has 0 saturated carbocycles. The molecule has 0 bridgehead atoms. The van der Waals surface area contributed by atoms with Gasteiger partial charge in [0.25, 0.3) is 0 Å². The molecule has 1 aliphatic rings. The number of rotatable bonds is 4. The van der Waals surface area contributed by atoms with E-state index in [9.17, 15) is 8.42 Å². The van der Waals surface area contributed by atoms with E-state index in [0.29, 0.717) is 19.5 Å². The van der Waals surface area contributed by atoms with Gasteiger partial charge in [0.15, 0.2) is 0 Å². The maximum atomic E-state index is 12.1. The zero-order chi connectivity index (χ0) is 13.2. The molecular formula is C12H18N2O3S. The highest BCUT2D eigenvalue weighted by Gasteiger charge is 2.37. The van der Waals surface area contributed by atoms with Crippen LogP contribution in [0.3, 0.4) is 0 Å². The molecule has 1 aromatic rings. The van der Waals surface area contributed by atoms with Crippen LogP contribution in [0.5, 0.6) is 5.75 Å². The van der Waals surface area contributed by atoms with Crippen LogP contribution in [0, 0.1) is 0 Å². The molecule has 100 valence electrons. The summed E-state index contributed by atoms with van der Waals surface area (Å²) in [6.45, 7) is 1.12. The van der Waals surface area contributed by atoms with E-state index in [1.54, 1.807) is 7.11 Å². The molecule has 0 amide bonds. The van der Waals surface area contributed by atoms with E-state index >= 15 is 0 Å². The average molecular weight is 270 g/mol. The van der Waals surface area contributed by atoms with Gasteiger partial charge in [0.1, 0.15) is 5.75 Å². The van der Waals surface area contributed by atoms with Crippen molar-refractivity contribution in [3.05, 3.63) is 29.8 Å². The molecule has 0 aliphatic carbocycles. The fourth-order valence-electron chi connectivity index (χ4n) is 2.16. The molecular weight excluding hydrogens is 252 g/mol. The van der Waals surface area contributed by atoms with Gasteiger partial charge < -0.3 is 10.5 Å². The van der Waals surface area contributed by atoms with Gasteiger partial charge in [-0.15, -0.1) is 0 Å². The Balaban J connectivity index is 2.15. The Morgan fingerprint density at radius 1 is 1.50 bits per heavy atom. The Kier molecular flexibility index (Phi) is 3.89. The predicted octanol–water partition coefficient (Wildman–Crippen LogP) is 0.558. The third-order valence-electron chi connectivity index (χ3n) is 3.24. The Labute approximate surface area is 108 Å². The Bertz CT molecular complexity index is 516. The number of hydrogen-bond donors (Lipinski definition) is 1. The van der Waals surface area contributed by atoms with E-state index in [1.165, 1.54) is 4.31 Å². The summed E-state index contributed by atoms with van der Waals surface area (Å²) in [5, 5.41) is -0.428. The Hall–Kier alpha value is -1.11. The van der Waals surface area contributed by atoms with Crippen LogP contribution in [-0.4, -0.2) is 38.2 Å². The van der Waals surface area contributed by atoms with Crippen LogP contribution in [0.4, 0.5) is 0 Å². The summed E-state index contributed by atoms with van der Waals surface area (Å²) in [6.07, 6.45) is 0.614. The second-order valence-electron chi connectivity index (χ2n) is 4.38. The molecule has 0 aromatic heterocycles. The zero-order valence-electron chi connectivity index (χ0n) is 10.4. The first-order valence-corrected chi connectivity index (χ1v) is 7.40. The number of nitrogens with two attached hydrogens (primary N) is 1. The van der Waals surface area contributed by atoms with Crippen molar-refractivity contribution in [2.45, 2.75) is 18.2 Å². The van der Waals surface area contributed by atoms with Crippen molar-refractivity contribution < 1.29 is 13.2 Å². The molecule has 1 aromatic carbocycles. The van der Waals surface area contributed by atoms with Crippen LogP contribution in [0.15, 0.2) is 24.3 Å². The zero-order valence-corrected chi connectivity index (χ0v) is 11.2. The van der Waals surface area contributed by atoms with E-state index in [-0.39, 0.29) is 6.54 Å². The lowest BCUT2D eigenvalue weighted by atomic mass is 10.2. The number of nitrogens with zero attached hydrogens (tertiary/aromatic N) is 1. The van der Waals surface area contributed by atoms with E-state index in [1.807, 2.05) is 24.3 Å². The van der Waals surface area contributed by atoms with Gasteiger partial charge in [-0.2, -0.15) is 4.31 Å². The smallest absolute Gasteiger partial charge is 0.218 e. The standard InChI is InChI=1S/C12H18N2O3S/c1-17-11-4-2-3-10(7-11)9-14-6-5-12(8-13)18(14,15)16/h2-4,7,12H,5-6,8-9,13H2,1H3/t12-/m0/s1. The molecule has 0 radical (unpaired) electrons. The molecule has 2 N–H and O–H groups in total. The molecule has 1 fully saturated rings. The van der Waals surface area contributed by atoms with Crippen LogP contribution in [-0.2, 0) is 16.6 Å². The summed E-state index contributed by atoms with van der Waals surface area (Å²) >= 11 is 0. The highest BCUT2D eigenvalue weighted by molar-refractivity contribution is 7.90. The van der Waals surface area contributed by atoms with Crippen molar-refractivity contribution in [3.63, 3.8) is 0 Å². The summed E-state index contributed by atoms with van der Waals surface area (Å²) in [4.78, 5) is 0. The highest BCUT2D eigenvalue weighted by Crippen LogP contribution is 2.24. The van der Waals surface area contributed by atoms with Crippen LogP contribution in [0.25, 0.3) is 0 Å². The fourth-order valence-corrected chi connectivity index (χ4v) is 3.91. The largest absolute Gasteiger partial charge is 0.497 e. The van der Waals surface area contributed by atoms with Gasteiger partial charge in [0.05, 0.1) is 12.4 Å². The van der Waals surface area contributed by atoms with Crippen LogP contribution in [0.2, 0.25) is 0 Å². The first-order chi connectivity index (χ1) is 8.57. The number of hydrogen-bond acceptors (Lipinski definition) is 4. The van der Waals surface area contributed by atoms with Crippen LogP contribution < -0.4 is 10.5 Å². The molecule has 0 spiro atoms. The molecule has 5 nitrogen and oxygen atoms in total. The third-order valence-corrected chi connectivity index (χ3v) is 5.54. The molecule has 18 heavy (non-hydrogen) atoms. The van der Waals surface area contributed by atoms with Gasteiger partial charge in [-0.1, -0.05) is 12.1 Å². The van der Waals surface area contributed by atoms with Crippen molar-refractivity contribution in [2.75, 3.05) is 20.2 Å². The first-order valence-electron chi connectivity index (χ1n) is 5.90. The number of benzene rings is 1. The Morgan fingerprint density at radius 2 is 2.28 bits per heavy atom. The van der Waals surface area contributed by atoms with E-state index in [0.717, 1.165) is 11.3 Å². The van der Waals surface area contributed by atoms with Crippen molar-refractivity contribution in [1.82, 2.24) is 4.31 Å². The minimum absolute atomic E-state index is 0.191. The normalized spacial score (nSPS) is 23.1. The molecule has 0 unspecified atom stereocenters. The molecule has 1 heterocycles. The maximum Gasteiger partial charge on any atom is 0.218 e. The van der Waals surface area contributed by atoms with Gasteiger partial charge in [-0.25, -0.2) is 8.42 Å². The quantitative estimate of drug-likeness (QED) is 0.867.